The Hall–Kier alpha value is -2.14. The molecule has 0 radical (unpaired) electrons. The molecular weight excluding hydrogens is 587 g/mol. The average molecular weight is 612 g/mol. The van der Waals surface area contributed by atoms with Crippen molar-refractivity contribution in [3.63, 3.8) is 0 Å². The van der Waals surface area contributed by atoms with E-state index in [0.29, 0.717) is 33.3 Å². The summed E-state index contributed by atoms with van der Waals surface area (Å²) in [5, 5.41) is 11.0. The van der Waals surface area contributed by atoms with Gasteiger partial charge in [-0.15, -0.1) is 11.3 Å². The number of thiazole rings is 1. The third-order valence-corrected chi connectivity index (χ3v) is 9.52. The summed E-state index contributed by atoms with van der Waals surface area (Å²) in [4.78, 5) is 33.2. The SMILES string of the molecule is CCOC(=O)/C(C)=C/c1c(Cl)cc(C(=O)Nc2nc(-c3cc(Cl)cs3)c(N3C[C@H]4CCN[C@H]4C3)s2)cc1Cl. The summed E-state index contributed by atoms with van der Waals surface area (Å²) in [5.74, 6) is -0.233. The van der Waals surface area contributed by atoms with Gasteiger partial charge in [-0.1, -0.05) is 46.1 Å². The lowest BCUT2D eigenvalue weighted by atomic mass is 10.1. The van der Waals surface area contributed by atoms with E-state index >= 15 is 0 Å². The molecule has 1 aromatic carbocycles. The van der Waals surface area contributed by atoms with Crippen LogP contribution in [0.1, 0.15) is 36.2 Å². The molecule has 2 aliphatic heterocycles. The molecule has 2 N–H and O–H groups in total. The van der Waals surface area contributed by atoms with Crippen LogP contribution < -0.4 is 15.5 Å². The van der Waals surface area contributed by atoms with E-state index in [-0.39, 0.29) is 28.1 Å². The van der Waals surface area contributed by atoms with Crippen molar-refractivity contribution >= 4 is 85.6 Å². The van der Waals surface area contributed by atoms with Gasteiger partial charge >= 0.3 is 5.97 Å². The molecule has 3 aromatic rings. The van der Waals surface area contributed by atoms with Gasteiger partial charge in [0.2, 0.25) is 0 Å². The Morgan fingerprint density at radius 3 is 2.66 bits per heavy atom. The fraction of sp³-hybridized carbons (Fsp3) is 0.346. The third kappa shape index (κ3) is 5.73. The van der Waals surface area contributed by atoms with Crippen molar-refractivity contribution in [2.75, 3.05) is 36.5 Å². The second kappa shape index (κ2) is 11.5. The van der Waals surface area contributed by atoms with Crippen LogP contribution in [0, 0.1) is 5.92 Å². The molecule has 4 heterocycles. The van der Waals surface area contributed by atoms with E-state index in [1.807, 2.05) is 11.4 Å². The highest BCUT2D eigenvalue weighted by atomic mass is 35.5. The van der Waals surface area contributed by atoms with E-state index in [1.165, 1.54) is 34.8 Å². The van der Waals surface area contributed by atoms with E-state index < -0.39 is 5.97 Å². The zero-order valence-electron chi connectivity index (χ0n) is 20.6. The molecule has 2 atom stereocenters. The third-order valence-electron chi connectivity index (χ3n) is 6.58. The van der Waals surface area contributed by atoms with E-state index in [9.17, 15) is 9.59 Å². The Kier molecular flexibility index (Phi) is 8.33. The number of nitrogens with zero attached hydrogens (tertiary/aromatic N) is 2. The van der Waals surface area contributed by atoms with Gasteiger partial charge in [-0.25, -0.2) is 9.78 Å². The van der Waals surface area contributed by atoms with Gasteiger partial charge in [0.25, 0.3) is 5.91 Å². The monoisotopic (exact) mass is 610 g/mol. The Bertz CT molecular complexity index is 1390. The maximum Gasteiger partial charge on any atom is 0.333 e. The van der Waals surface area contributed by atoms with Crippen molar-refractivity contribution in [2.45, 2.75) is 26.3 Å². The number of ether oxygens (including phenoxy) is 1. The van der Waals surface area contributed by atoms with Crippen molar-refractivity contribution in [3.8, 4) is 10.6 Å². The van der Waals surface area contributed by atoms with Gasteiger partial charge in [0.05, 0.1) is 26.6 Å². The topological polar surface area (TPSA) is 83.6 Å². The summed E-state index contributed by atoms with van der Waals surface area (Å²) in [7, 11) is 0. The van der Waals surface area contributed by atoms with Gasteiger partial charge in [-0.3, -0.25) is 10.1 Å². The molecular formula is C26H25Cl3N4O3S2. The molecule has 0 aliphatic carbocycles. The fourth-order valence-corrected chi connectivity index (χ4v) is 7.45. The van der Waals surface area contributed by atoms with Crippen molar-refractivity contribution in [2.24, 2.45) is 5.92 Å². The minimum Gasteiger partial charge on any atom is -0.463 e. The van der Waals surface area contributed by atoms with Crippen LogP contribution in [0.25, 0.3) is 16.6 Å². The Labute approximate surface area is 243 Å². The molecule has 2 fully saturated rings. The zero-order chi connectivity index (χ0) is 27.0. The first-order chi connectivity index (χ1) is 18.2. The number of esters is 1. The number of hydrogen-bond acceptors (Lipinski definition) is 8. The van der Waals surface area contributed by atoms with Crippen LogP contribution in [0.5, 0.6) is 0 Å². The number of fused-ring (bicyclic) bond motifs is 1. The summed E-state index contributed by atoms with van der Waals surface area (Å²) in [6.07, 6.45) is 2.71. The molecule has 38 heavy (non-hydrogen) atoms. The molecule has 2 aliphatic rings. The molecule has 200 valence electrons. The standard InChI is InChI=1S/C26H25Cl3N4O3S2/c1-3-36-25(35)13(2)6-17-18(28)7-15(8-19(17)29)23(34)32-26-31-22(21-9-16(27)12-37-21)24(38-26)33-10-14-4-5-30-20(14)11-33/h6-9,12,14,20,30H,3-5,10-11H2,1-2H3,(H,31,32,34)/b13-6+/t14-,20+/m1/s1. The summed E-state index contributed by atoms with van der Waals surface area (Å²) in [6.45, 7) is 6.52. The van der Waals surface area contributed by atoms with Crippen LogP contribution in [-0.2, 0) is 9.53 Å². The minimum absolute atomic E-state index is 0.246. The summed E-state index contributed by atoms with van der Waals surface area (Å²) in [6, 6.07) is 5.42. The number of carbonyl (C=O) groups excluding carboxylic acids is 2. The lowest BCUT2D eigenvalue weighted by Gasteiger charge is -2.18. The lowest BCUT2D eigenvalue weighted by molar-refractivity contribution is -0.138. The maximum atomic E-state index is 13.2. The number of halogens is 3. The van der Waals surface area contributed by atoms with Crippen molar-refractivity contribution in [1.29, 1.82) is 0 Å². The number of nitrogens with one attached hydrogen (secondary N) is 2. The highest BCUT2D eigenvalue weighted by Gasteiger charge is 2.38. The number of thiophene rings is 1. The second-order valence-electron chi connectivity index (χ2n) is 9.17. The largest absolute Gasteiger partial charge is 0.463 e. The number of carbonyl (C=O) groups is 2. The highest BCUT2D eigenvalue weighted by Crippen LogP contribution is 2.44. The van der Waals surface area contributed by atoms with Gasteiger partial charge in [0.1, 0.15) is 10.7 Å². The first kappa shape index (κ1) is 27.4. The van der Waals surface area contributed by atoms with Gasteiger partial charge in [-0.2, -0.15) is 0 Å². The average Bonchev–Trinajstić information content (AvgIpc) is 3.65. The smallest absolute Gasteiger partial charge is 0.333 e. The molecule has 1 amide bonds. The van der Waals surface area contributed by atoms with Crippen LogP contribution in [0.2, 0.25) is 15.1 Å². The molecule has 0 unspecified atom stereocenters. The van der Waals surface area contributed by atoms with Crippen LogP contribution in [0.15, 0.2) is 29.2 Å². The van der Waals surface area contributed by atoms with Crippen LogP contribution >= 0.6 is 57.5 Å². The fourth-order valence-electron chi connectivity index (χ4n) is 4.74. The van der Waals surface area contributed by atoms with E-state index in [0.717, 1.165) is 41.6 Å². The second-order valence-corrected chi connectivity index (χ2v) is 12.3. The predicted molar refractivity (Wildman–Crippen MR) is 157 cm³/mol. The molecule has 5 rings (SSSR count). The number of amides is 1. The number of rotatable bonds is 7. The van der Waals surface area contributed by atoms with E-state index in [2.05, 4.69) is 15.5 Å². The Morgan fingerprint density at radius 1 is 1.24 bits per heavy atom. The molecule has 0 spiro atoms. The van der Waals surface area contributed by atoms with Gasteiger partial charge in [0, 0.05) is 41.2 Å². The number of hydrogen-bond donors (Lipinski definition) is 2. The first-order valence-corrected chi connectivity index (χ1v) is 15.0. The maximum absolute atomic E-state index is 13.2. The molecule has 7 nitrogen and oxygen atoms in total. The predicted octanol–water partition coefficient (Wildman–Crippen LogP) is 6.85. The van der Waals surface area contributed by atoms with Crippen LogP contribution in [0.3, 0.4) is 0 Å². The van der Waals surface area contributed by atoms with Crippen molar-refractivity contribution in [3.05, 3.63) is 55.3 Å². The quantitative estimate of drug-likeness (QED) is 0.225. The molecule has 2 saturated heterocycles. The molecule has 0 bridgehead atoms. The lowest BCUT2D eigenvalue weighted by Crippen LogP contribution is -2.29. The van der Waals surface area contributed by atoms with Gasteiger partial charge in [-0.05, 0) is 57.0 Å². The number of anilines is 2. The van der Waals surface area contributed by atoms with Crippen LogP contribution in [-0.4, -0.2) is 49.1 Å². The van der Waals surface area contributed by atoms with Gasteiger partial charge in [0.15, 0.2) is 5.13 Å². The van der Waals surface area contributed by atoms with Crippen molar-refractivity contribution < 1.29 is 14.3 Å². The van der Waals surface area contributed by atoms with Crippen LogP contribution in [0.4, 0.5) is 10.1 Å². The van der Waals surface area contributed by atoms with E-state index in [4.69, 9.17) is 44.5 Å². The summed E-state index contributed by atoms with van der Waals surface area (Å²) >= 11 is 22.1. The Balaban J connectivity index is 1.39. The molecule has 0 saturated carbocycles. The first-order valence-electron chi connectivity index (χ1n) is 12.1. The van der Waals surface area contributed by atoms with Gasteiger partial charge < -0.3 is 15.0 Å². The zero-order valence-corrected chi connectivity index (χ0v) is 24.5. The number of aromatic nitrogens is 1. The highest BCUT2D eigenvalue weighted by molar-refractivity contribution is 7.21. The molecule has 12 heteroatoms. The molecule has 2 aromatic heterocycles. The summed E-state index contributed by atoms with van der Waals surface area (Å²) in [5.41, 5.74) is 1.89. The minimum atomic E-state index is -0.457. The van der Waals surface area contributed by atoms with E-state index in [1.54, 1.807) is 19.9 Å². The normalized spacial score (nSPS) is 19.1. The number of benzene rings is 1. The van der Waals surface area contributed by atoms with Crippen molar-refractivity contribution in [1.82, 2.24) is 10.3 Å². The Morgan fingerprint density at radius 2 is 2.00 bits per heavy atom. The summed E-state index contributed by atoms with van der Waals surface area (Å²) < 4.78 is 5.01.